The van der Waals surface area contributed by atoms with E-state index in [2.05, 4.69) is 64.8 Å². The molecule has 3 aromatic carbocycles. The second-order valence-electron chi connectivity index (χ2n) is 5.48. The lowest BCUT2D eigenvalue weighted by molar-refractivity contribution is 0.855. The predicted molar refractivity (Wildman–Crippen MR) is 98.0 cm³/mol. The Morgan fingerprint density at radius 3 is 2.30 bits per heavy atom. The predicted octanol–water partition coefficient (Wildman–Crippen LogP) is 6.21. The molecule has 0 radical (unpaired) electrons. The number of azo groups is 1. The van der Waals surface area contributed by atoms with Crippen molar-refractivity contribution in [1.82, 2.24) is 0 Å². The van der Waals surface area contributed by atoms with E-state index >= 15 is 0 Å². The summed E-state index contributed by atoms with van der Waals surface area (Å²) in [6.07, 6.45) is 0. The van der Waals surface area contributed by atoms with Crippen molar-refractivity contribution in [1.29, 1.82) is 0 Å². The van der Waals surface area contributed by atoms with Crippen molar-refractivity contribution in [2.75, 3.05) is 0 Å². The van der Waals surface area contributed by atoms with Crippen LogP contribution in [0.25, 0.3) is 20.2 Å². The van der Waals surface area contributed by atoms with E-state index in [1.54, 1.807) is 0 Å². The third kappa shape index (κ3) is 2.88. The van der Waals surface area contributed by atoms with Gasteiger partial charge < -0.3 is 0 Å². The van der Waals surface area contributed by atoms with Gasteiger partial charge in [-0.25, -0.2) is 0 Å². The van der Waals surface area contributed by atoms with Crippen molar-refractivity contribution in [3.05, 3.63) is 83.9 Å². The van der Waals surface area contributed by atoms with Crippen LogP contribution in [0, 0.1) is 0 Å². The summed E-state index contributed by atoms with van der Waals surface area (Å²) in [6.45, 7) is 1.28. The first-order valence-electron chi connectivity index (χ1n) is 7.68. The largest absolute Gasteiger partial charge is 0.189 e. The fourth-order valence-electron chi connectivity index (χ4n) is 2.77. The number of benzene rings is 3. The van der Waals surface area contributed by atoms with Gasteiger partial charge in [0.2, 0.25) is 0 Å². The molecule has 0 aliphatic rings. The van der Waals surface area contributed by atoms with Gasteiger partial charge in [0.15, 0.2) is 0 Å². The minimum absolute atomic E-state index is 0.636. The van der Waals surface area contributed by atoms with Crippen LogP contribution in [-0.4, -0.2) is 0 Å². The molecule has 0 saturated carbocycles. The van der Waals surface area contributed by atoms with Crippen LogP contribution >= 0.6 is 11.3 Å². The molecule has 2 nitrogen and oxygen atoms in total. The molecule has 0 aliphatic heterocycles. The van der Waals surface area contributed by atoms with E-state index in [9.17, 15) is 0 Å². The fourth-order valence-corrected chi connectivity index (χ4v) is 3.98. The third-order valence-electron chi connectivity index (χ3n) is 3.92. The first-order chi connectivity index (χ1) is 11.4. The van der Waals surface area contributed by atoms with Crippen molar-refractivity contribution in [2.45, 2.75) is 13.1 Å². The second-order valence-corrected chi connectivity index (χ2v) is 6.53. The molecular formula is C20H16N2S. The van der Waals surface area contributed by atoms with Gasteiger partial charge in [-0.05, 0) is 17.2 Å². The lowest BCUT2D eigenvalue weighted by Crippen LogP contribution is -1.82. The zero-order chi connectivity index (χ0) is 15.5. The Morgan fingerprint density at radius 2 is 1.39 bits per heavy atom. The monoisotopic (exact) mass is 316 g/mol. The molecule has 23 heavy (non-hydrogen) atoms. The van der Waals surface area contributed by atoms with Gasteiger partial charge in [-0.2, -0.15) is 10.2 Å². The van der Waals surface area contributed by atoms with Crippen molar-refractivity contribution in [3.63, 3.8) is 0 Å². The van der Waals surface area contributed by atoms with Crippen LogP contribution in [0.3, 0.4) is 0 Å². The van der Waals surface area contributed by atoms with Gasteiger partial charge in [0, 0.05) is 20.2 Å². The van der Waals surface area contributed by atoms with E-state index in [1.165, 1.54) is 31.3 Å². The Kier molecular flexibility index (Phi) is 3.86. The molecular weight excluding hydrogens is 300 g/mol. The maximum Gasteiger partial charge on any atom is 0.0863 e. The summed E-state index contributed by atoms with van der Waals surface area (Å²) in [5.74, 6) is 0. The summed E-state index contributed by atoms with van der Waals surface area (Å²) in [5.41, 5.74) is 2.44. The van der Waals surface area contributed by atoms with E-state index in [4.69, 9.17) is 0 Å². The molecule has 0 fully saturated rings. The zero-order valence-corrected chi connectivity index (χ0v) is 13.5. The molecule has 4 rings (SSSR count). The molecule has 0 amide bonds. The Morgan fingerprint density at radius 1 is 0.652 bits per heavy atom. The highest BCUT2D eigenvalue weighted by molar-refractivity contribution is 7.26. The lowest BCUT2D eigenvalue weighted by atomic mass is 10.1. The van der Waals surface area contributed by atoms with Crippen molar-refractivity contribution >= 4 is 31.5 Å². The molecule has 1 heterocycles. The third-order valence-corrected chi connectivity index (χ3v) is 5.19. The molecule has 4 aromatic rings. The Hall–Kier alpha value is -2.52. The molecule has 0 bridgehead atoms. The first kappa shape index (κ1) is 14.1. The minimum atomic E-state index is 0.636. The minimum Gasteiger partial charge on any atom is -0.189 e. The van der Waals surface area contributed by atoms with Gasteiger partial charge in [-0.15, -0.1) is 11.3 Å². The van der Waals surface area contributed by atoms with E-state index in [1.807, 2.05) is 29.5 Å². The van der Waals surface area contributed by atoms with E-state index in [0.717, 1.165) is 0 Å². The second kappa shape index (κ2) is 6.31. The van der Waals surface area contributed by atoms with Crippen LogP contribution in [0.5, 0.6) is 0 Å². The lowest BCUT2D eigenvalue weighted by Gasteiger charge is -1.99. The zero-order valence-electron chi connectivity index (χ0n) is 12.6. The Bertz CT molecular complexity index is 971. The van der Waals surface area contributed by atoms with Crippen molar-refractivity contribution in [2.24, 2.45) is 10.2 Å². The number of hydrogen-bond acceptors (Lipinski definition) is 3. The smallest absolute Gasteiger partial charge is 0.0863 e. The summed E-state index contributed by atoms with van der Waals surface area (Å²) >= 11 is 1.84. The van der Waals surface area contributed by atoms with E-state index in [0.29, 0.717) is 13.1 Å². The van der Waals surface area contributed by atoms with Gasteiger partial charge in [-0.1, -0.05) is 66.7 Å². The number of nitrogens with zero attached hydrogens (tertiary/aromatic N) is 2. The van der Waals surface area contributed by atoms with Crippen LogP contribution in [0.4, 0.5) is 0 Å². The Balaban J connectivity index is 1.59. The van der Waals surface area contributed by atoms with Crippen LogP contribution < -0.4 is 0 Å². The summed E-state index contributed by atoms with van der Waals surface area (Å²) in [7, 11) is 0. The standard InChI is InChI=1S/C20H16N2S/c1-2-7-15(8-3-1)13-21-22-14-16-9-6-11-18-17-10-4-5-12-19(17)23-20(16)18/h1-12H,13-14H2/b22-21-. The van der Waals surface area contributed by atoms with Crippen molar-refractivity contribution in [3.8, 4) is 0 Å². The molecule has 3 heteroatoms. The van der Waals surface area contributed by atoms with Crippen LogP contribution in [-0.2, 0) is 13.1 Å². The van der Waals surface area contributed by atoms with E-state index < -0.39 is 0 Å². The SMILES string of the molecule is c1ccc(C/N=N\Cc2cccc3c2sc2ccccc23)cc1. The van der Waals surface area contributed by atoms with Crippen molar-refractivity contribution < 1.29 is 0 Å². The van der Waals surface area contributed by atoms with E-state index in [-0.39, 0.29) is 0 Å². The van der Waals surface area contributed by atoms with Gasteiger partial charge in [0.1, 0.15) is 0 Å². The topological polar surface area (TPSA) is 24.7 Å². The van der Waals surface area contributed by atoms with Crippen LogP contribution in [0.1, 0.15) is 11.1 Å². The summed E-state index contributed by atoms with van der Waals surface area (Å²) in [4.78, 5) is 0. The molecule has 0 spiro atoms. The summed E-state index contributed by atoms with van der Waals surface area (Å²) in [6, 6.07) is 25.3. The van der Waals surface area contributed by atoms with Gasteiger partial charge >= 0.3 is 0 Å². The highest BCUT2D eigenvalue weighted by Gasteiger charge is 2.07. The molecule has 0 unspecified atom stereocenters. The quantitative estimate of drug-likeness (QED) is 0.400. The van der Waals surface area contributed by atoms with Gasteiger partial charge in [0.25, 0.3) is 0 Å². The maximum absolute atomic E-state index is 4.39. The average Bonchev–Trinajstić information content (AvgIpc) is 2.99. The van der Waals surface area contributed by atoms with Crippen LogP contribution in [0.2, 0.25) is 0 Å². The molecule has 0 atom stereocenters. The molecule has 0 aliphatic carbocycles. The van der Waals surface area contributed by atoms with Gasteiger partial charge in [0.05, 0.1) is 13.1 Å². The maximum atomic E-state index is 4.39. The highest BCUT2D eigenvalue weighted by atomic mass is 32.1. The van der Waals surface area contributed by atoms with Crippen LogP contribution in [0.15, 0.2) is 83.0 Å². The number of thiophene rings is 1. The fraction of sp³-hybridized carbons (Fsp3) is 0.100. The normalized spacial score (nSPS) is 11.7. The number of fused-ring (bicyclic) bond motifs is 3. The molecule has 1 aromatic heterocycles. The summed E-state index contributed by atoms with van der Waals surface area (Å²) in [5, 5.41) is 11.4. The average molecular weight is 316 g/mol. The molecule has 0 saturated heterocycles. The number of rotatable bonds is 4. The highest BCUT2D eigenvalue weighted by Crippen LogP contribution is 2.35. The summed E-state index contributed by atoms with van der Waals surface area (Å²) < 4.78 is 2.66. The Labute approximate surface area is 139 Å². The molecule has 0 N–H and O–H groups in total. The first-order valence-corrected chi connectivity index (χ1v) is 8.50. The number of hydrogen-bond donors (Lipinski definition) is 0. The van der Waals surface area contributed by atoms with Gasteiger partial charge in [-0.3, -0.25) is 0 Å². The molecule has 112 valence electrons.